The van der Waals surface area contributed by atoms with Gasteiger partial charge in [0.2, 0.25) is 0 Å². The number of hydrogen-bond acceptors (Lipinski definition) is 5. The van der Waals surface area contributed by atoms with E-state index in [-0.39, 0.29) is 12.3 Å². The molecular formula is C21H28N2O5. The third kappa shape index (κ3) is 6.40. The summed E-state index contributed by atoms with van der Waals surface area (Å²) < 4.78 is 9.71. The van der Waals surface area contributed by atoms with E-state index in [1.54, 1.807) is 0 Å². The number of H-pyrrole nitrogens is 1. The molecule has 2 N–H and O–H groups in total. The summed E-state index contributed by atoms with van der Waals surface area (Å²) in [6, 6.07) is 7.26. The van der Waals surface area contributed by atoms with Gasteiger partial charge in [-0.05, 0) is 36.8 Å². The number of carbonyl (C=O) groups excluding carboxylic acids is 3. The second-order valence-corrected chi connectivity index (χ2v) is 7.15. The van der Waals surface area contributed by atoms with Crippen molar-refractivity contribution in [2.24, 2.45) is 5.92 Å². The molecule has 1 atom stereocenters. The highest BCUT2D eigenvalue weighted by Gasteiger charge is 2.23. The van der Waals surface area contributed by atoms with E-state index >= 15 is 0 Å². The first-order chi connectivity index (χ1) is 13.4. The van der Waals surface area contributed by atoms with E-state index in [1.165, 1.54) is 7.11 Å². The molecule has 0 aliphatic carbocycles. The van der Waals surface area contributed by atoms with E-state index in [1.807, 2.05) is 44.3 Å². The Morgan fingerprint density at radius 1 is 1.18 bits per heavy atom. The highest BCUT2D eigenvalue weighted by atomic mass is 16.5. The number of aromatic amines is 1. The third-order valence-electron chi connectivity index (χ3n) is 4.39. The van der Waals surface area contributed by atoms with Crippen LogP contribution in [0, 0.1) is 5.92 Å². The number of aryl methyl sites for hydroxylation is 1. The number of esters is 2. The fourth-order valence-electron chi connectivity index (χ4n) is 3.04. The average Bonchev–Trinajstić information content (AvgIpc) is 3.08. The lowest BCUT2D eigenvalue weighted by Crippen LogP contribution is -2.44. The van der Waals surface area contributed by atoms with Crippen LogP contribution in [0.15, 0.2) is 30.5 Å². The minimum Gasteiger partial charge on any atom is -0.467 e. The predicted octanol–water partition coefficient (Wildman–Crippen LogP) is 2.74. The van der Waals surface area contributed by atoms with Crippen molar-refractivity contribution in [1.82, 2.24) is 10.3 Å². The van der Waals surface area contributed by atoms with E-state index < -0.39 is 30.5 Å². The van der Waals surface area contributed by atoms with Crippen molar-refractivity contribution in [3.05, 3.63) is 36.0 Å². The van der Waals surface area contributed by atoms with Crippen LogP contribution in [-0.4, -0.2) is 42.6 Å². The zero-order valence-corrected chi connectivity index (χ0v) is 16.6. The van der Waals surface area contributed by atoms with Crippen molar-refractivity contribution in [2.75, 3.05) is 13.7 Å². The molecule has 0 fully saturated rings. The van der Waals surface area contributed by atoms with Crippen LogP contribution in [0.3, 0.4) is 0 Å². The Morgan fingerprint density at radius 2 is 1.93 bits per heavy atom. The maximum atomic E-state index is 12.0. The van der Waals surface area contributed by atoms with Crippen molar-refractivity contribution < 1.29 is 23.9 Å². The largest absolute Gasteiger partial charge is 0.467 e. The van der Waals surface area contributed by atoms with E-state index in [0.29, 0.717) is 12.8 Å². The fraction of sp³-hybridized carbons (Fsp3) is 0.476. The van der Waals surface area contributed by atoms with Crippen molar-refractivity contribution in [1.29, 1.82) is 0 Å². The lowest BCUT2D eigenvalue weighted by atomic mass is 10.0. The van der Waals surface area contributed by atoms with Crippen LogP contribution < -0.4 is 5.32 Å². The van der Waals surface area contributed by atoms with Crippen LogP contribution in [0.2, 0.25) is 0 Å². The summed E-state index contributed by atoms with van der Waals surface area (Å²) in [5.41, 5.74) is 2.22. The van der Waals surface area contributed by atoms with Gasteiger partial charge in [-0.2, -0.15) is 0 Å². The Labute approximate surface area is 164 Å². The van der Waals surface area contributed by atoms with Crippen LogP contribution in [0.1, 0.15) is 38.7 Å². The molecule has 1 amide bonds. The molecule has 0 radical (unpaired) electrons. The lowest BCUT2D eigenvalue weighted by Gasteiger charge is -2.18. The first kappa shape index (κ1) is 21.5. The Bertz CT molecular complexity index is 812. The van der Waals surface area contributed by atoms with Gasteiger partial charge in [0, 0.05) is 23.5 Å². The Morgan fingerprint density at radius 3 is 2.64 bits per heavy atom. The zero-order valence-electron chi connectivity index (χ0n) is 16.6. The topological polar surface area (TPSA) is 97.5 Å². The molecule has 7 heteroatoms. The number of nitrogens with one attached hydrogen (secondary N) is 2. The lowest BCUT2D eigenvalue weighted by molar-refractivity contribution is -0.150. The molecule has 28 heavy (non-hydrogen) atoms. The summed E-state index contributed by atoms with van der Waals surface area (Å²) in [6.07, 6.45) is 3.99. The van der Waals surface area contributed by atoms with Crippen LogP contribution in [0.25, 0.3) is 10.9 Å². The summed E-state index contributed by atoms with van der Waals surface area (Å²) in [5.74, 6) is -1.25. The SMILES string of the molecule is COC(=O)[C@H](CC(C)C)NC(=O)COC(=O)CCCc1c[nH]c2ccccc12. The maximum Gasteiger partial charge on any atom is 0.328 e. The standard InChI is InChI=1S/C21H28N2O5/c1-14(2)11-18(21(26)27-3)23-19(24)13-28-20(25)10-6-7-15-12-22-17-9-5-4-8-16(15)17/h4-5,8-9,12,14,18,22H,6-7,10-11,13H2,1-3H3,(H,23,24)/t18-/m0/s1. The second kappa shape index (κ2) is 10.5. The van der Waals surface area contributed by atoms with E-state index in [9.17, 15) is 14.4 Å². The fourth-order valence-corrected chi connectivity index (χ4v) is 3.04. The maximum absolute atomic E-state index is 12.0. The molecule has 2 aromatic rings. The van der Waals surface area contributed by atoms with Gasteiger partial charge in [-0.25, -0.2) is 4.79 Å². The second-order valence-electron chi connectivity index (χ2n) is 7.15. The smallest absolute Gasteiger partial charge is 0.328 e. The van der Waals surface area contributed by atoms with Crippen molar-refractivity contribution >= 4 is 28.7 Å². The summed E-state index contributed by atoms with van der Waals surface area (Å²) in [6.45, 7) is 3.48. The van der Waals surface area contributed by atoms with E-state index in [2.05, 4.69) is 10.3 Å². The number of ether oxygens (including phenoxy) is 2. The van der Waals surface area contributed by atoms with Crippen molar-refractivity contribution in [3.63, 3.8) is 0 Å². The number of benzene rings is 1. The molecule has 0 spiro atoms. The molecule has 2 rings (SSSR count). The van der Waals surface area contributed by atoms with Gasteiger partial charge in [-0.1, -0.05) is 32.0 Å². The van der Waals surface area contributed by atoms with Crippen LogP contribution >= 0.6 is 0 Å². The van der Waals surface area contributed by atoms with Crippen LogP contribution in [0.5, 0.6) is 0 Å². The van der Waals surface area contributed by atoms with Gasteiger partial charge in [0.05, 0.1) is 7.11 Å². The molecule has 7 nitrogen and oxygen atoms in total. The molecule has 1 aromatic heterocycles. The molecule has 0 unspecified atom stereocenters. The van der Waals surface area contributed by atoms with Gasteiger partial charge in [-0.3, -0.25) is 9.59 Å². The number of para-hydroxylation sites is 1. The highest BCUT2D eigenvalue weighted by Crippen LogP contribution is 2.19. The van der Waals surface area contributed by atoms with Crippen LogP contribution in [0.4, 0.5) is 0 Å². The highest BCUT2D eigenvalue weighted by molar-refractivity contribution is 5.86. The number of amides is 1. The molecule has 1 aromatic carbocycles. The third-order valence-corrected chi connectivity index (χ3v) is 4.39. The molecule has 0 bridgehead atoms. The number of rotatable bonds is 10. The Balaban J connectivity index is 1.72. The Hall–Kier alpha value is -2.83. The summed E-state index contributed by atoms with van der Waals surface area (Å²) in [4.78, 5) is 38.8. The van der Waals surface area contributed by atoms with Gasteiger partial charge in [-0.15, -0.1) is 0 Å². The number of aromatic nitrogens is 1. The van der Waals surface area contributed by atoms with Gasteiger partial charge in [0.15, 0.2) is 6.61 Å². The van der Waals surface area contributed by atoms with E-state index in [4.69, 9.17) is 9.47 Å². The molecule has 0 saturated heterocycles. The predicted molar refractivity (Wildman–Crippen MR) is 106 cm³/mol. The van der Waals surface area contributed by atoms with Gasteiger partial charge in [0.25, 0.3) is 5.91 Å². The summed E-state index contributed by atoms with van der Waals surface area (Å²) >= 11 is 0. The monoisotopic (exact) mass is 388 g/mol. The summed E-state index contributed by atoms with van der Waals surface area (Å²) in [5, 5.41) is 3.71. The molecular weight excluding hydrogens is 360 g/mol. The van der Waals surface area contributed by atoms with E-state index in [0.717, 1.165) is 22.9 Å². The molecule has 0 aliphatic rings. The first-order valence-electron chi connectivity index (χ1n) is 9.48. The zero-order chi connectivity index (χ0) is 20.5. The Kier molecular flexibility index (Phi) is 8.04. The number of hydrogen-bond donors (Lipinski definition) is 2. The molecule has 152 valence electrons. The van der Waals surface area contributed by atoms with Crippen molar-refractivity contribution in [2.45, 2.75) is 45.6 Å². The summed E-state index contributed by atoms with van der Waals surface area (Å²) in [7, 11) is 1.27. The van der Waals surface area contributed by atoms with Gasteiger partial charge in [0.1, 0.15) is 6.04 Å². The normalized spacial score (nSPS) is 12.0. The first-order valence-corrected chi connectivity index (χ1v) is 9.48. The average molecular weight is 388 g/mol. The van der Waals surface area contributed by atoms with Crippen LogP contribution in [-0.2, 0) is 30.3 Å². The quantitative estimate of drug-likeness (QED) is 0.610. The van der Waals surface area contributed by atoms with Gasteiger partial charge < -0.3 is 19.8 Å². The van der Waals surface area contributed by atoms with Crippen molar-refractivity contribution in [3.8, 4) is 0 Å². The number of methoxy groups -OCH3 is 1. The molecule has 0 saturated carbocycles. The number of fused-ring (bicyclic) bond motifs is 1. The molecule has 1 heterocycles. The minimum absolute atomic E-state index is 0.205. The minimum atomic E-state index is -0.738. The van der Waals surface area contributed by atoms with Gasteiger partial charge >= 0.3 is 11.9 Å². The number of carbonyl (C=O) groups is 3. The molecule has 0 aliphatic heterocycles.